The summed E-state index contributed by atoms with van der Waals surface area (Å²) in [4.78, 5) is 30.1. The SMILES string of the molecule is CSCC[C@H](NC(=O)c1cccs1)C(=O)Nc1nc(-c2ccccc2)cs1. The fourth-order valence-corrected chi connectivity index (χ4v) is 4.23. The van der Waals surface area contributed by atoms with Crippen LogP contribution in [0.5, 0.6) is 0 Å². The maximum atomic E-state index is 12.7. The summed E-state index contributed by atoms with van der Waals surface area (Å²) in [5, 5.41) is 9.95. The maximum Gasteiger partial charge on any atom is 0.261 e. The van der Waals surface area contributed by atoms with Crippen molar-refractivity contribution in [3.63, 3.8) is 0 Å². The number of nitrogens with zero attached hydrogens (tertiary/aromatic N) is 1. The van der Waals surface area contributed by atoms with E-state index in [1.807, 2.05) is 53.4 Å². The zero-order valence-electron chi connectivity index (χ0n) is 14.7. The van der Waals surface area contributed by atoms with Gasteiger partial charge in [-0.2, -0.15) is 11.8 Å². The minimum absolute atomic E-state index is 0.227. The quantitative estimate of drug-likeness (QED) is 0.571. The minimum atomic E-state index is -0.601. The second-order valence-electron chi connectivity index (χ2n) is 5.68. The Labute approximate surface area is 170 Å². The van der Waals surface area contributed by atoms with E-state index >= 15 is 0 Å². The fraction of sp³-hybridized carbons (Fsp3) is 0.211. The average Bonchev–Trinajstić information content (AvgIpc) is 3.37. The number of thiazole rings is 1. The molecule has 0 saturated carbocycles. The van der Waals surface area contributed by atoms with E-state index < -0.39 is 6.04 Å². The number of hydrogen-bond acceptors (Lipinski definition) is 6. The number of rotatable bonds is 8. The first kappa shape index (κ1) is 19.6. The highest BCUT2D eigenvalue weighted by Crippen LogP contribution is 2.24. The third-order valence-corrected chi connectivity index (χ3v) is 6.05. The largest absolute Gasteiger partial charge is 0.339 e. The molecule has 140 valence electrons. The van der Waals surface area contributed by atoms with Gasteiger partial charge in [0.25, 0.3) is 5.91 Å². The molecule has 5 nitrogen and oxygen atoms in total. The van der Waals surface area contributed by atoms with Crippen molar-refractivity contribution >= 4 is 51.4 Å². The van der Waals surface area contributed by atoms with Gasteiger partial charge in [0.05, 0.1) is 10.6 Å². The van der Waals surface area contributed by atoms with Gasteiger partial charge in [-0.05, 0) is 29.9 Å². The zero-order valence-corrected chi connectivity index (χ0v) is 17.1. The molecule has 0 aliphatic heterocycles. The average molecular weight is 418 g/mol. The summed E-state index contributed by atoms with van der Waals surface area (Å²) in [7, 11) is 0. The Morgan fingerprint density at radius 1 is 1.15 bits per heavy atom. The number of benzene rings is 1. The Bertz CT molecular complexity index is 879. The van der Waals surface area contributed by atoms with Gasteiger partial charge in [-0.1, -0.05) is 36.4 Å². The second-order valence-corrected chi connectivity index (χ2v) is 8.47. The zero-order chi connectivity index (χ0) is 19.1. The van der Waals surface area contributed by atoms with Crippen molar-refractivity contribution in [3.8, 4) is 11.3 Å². The molecule has 0 saturated heterocycles. The summed E-state index contributed by atoms with van der Waals surface area (Å²) in [5.74, 6) is 0.300. The molecular formula is C19H19N3O2S3. The van der Waals surface area contributed by atoms with Crippen LogP contribution in [0.1, 0.15) is 16.1 Å². The van der Waals surface area contributed by atoms with E-state index in [4.69, 9.17) is 0 Å². The van der Waals surface area contributed by atoms with E-state index in [-0.39, 0.29) is 11.8 Å². The fourth-order valence-electron chi connectivity index (χ4n) is 2.41. The minimum Gasteiger partial charge on any atom is -0.339 e. The van der Waals surface area contributed by atoms with Crippen LogP contribution in [0.4, 0.5) is 5.13 Å². The summed E-state index contributed by atoms with van der Waals surface area (Å²) in [6.07, 6.45) is 2.53. The van der Waals surface area contributed by atoms with Crippen molar-refractivity contribution in [1.82, 2.24) is 10.3 Å². The Balaban J connectivity index is 1.67. The summed E-state index contributed by atoms with van der Waals surface area (Å²) >= 11 is 4.36. The second kappa shape index (κ2) is 9.68. The first-order valence-electron chi connectivity index (χ1n) is 8.32. The Morgan fingerprint density at radius 3 is 2.67 bits per heavy atom. The van der Waals surface area contributed by atoms with Crippen molar-refractivity contribution in [1.29, 1.82) is 0 Å². The van der Waals surface area contributed by atoms with Crippen molar-refractivity contribution in [3.05, 3.63) is 58.1 Å². The highest BCUT2D eigenvalue weighted by molar-refractivity contribution is 7.98. The van der Waals surface area contributed by atoms with Crippen LogP contribution in [-0.2, 0) is 4.79 Å². The van der Waals surface area contributed by atoms with E-state index in [0.717, 1.165) is 17.0 Å². The van der Waals surface area contributed by atoms with Crippen LogP contribution in [0.25, 0.3) is 11.3 Å². The van der Waals surface area contributed by atoms with E-state index in [0.29, 0.717) is 16.4 Å². The lowest BCUT2D eigenvalue weighted by Gasteiger charge is -2.16. The predicted molar refractivity (Wildman–Crippen MR) is 115 cm³/mol. The molecule has 27 heavy (non-hydrogen) atoms. The smallest absolute Gasteiger partial charge is 0.261 e. The molecule has 3 rings (SSSR count). The van der Waals surface area contributed by atoms with Gasteiger partial charge in [0.1, 0.15) is 6.04 Å². The topological polar surface area (TPSA) is 71.1 Å². The molecular weight excluding hydrogens is 398 g/mol. The van der Waals surface area contributed by atoms with Gasteiger partial charge in [-0.15, -0.1) is 22.7 Å². The third kappa shape index (κ3) is 5.41. The lowest BCUT2D eigenvalue weighted by molar-refractivity contribution is -0.118. The van der Waals surface area contributed by atoms with E-state index in [9.17, 15) is 9.59 Å². The van der Waals surface area contributed by atoms with Crippen LogP contribution in [0.3, 0.4) is 0 Å². The summed E-state index contributed by atoms with van der Waals surface area (Å²) in [5.41, 5.74) is 1.82. The van der Waals surface area contributed by atoms with Gasteiger partial charge in [0.15, 0.2) is 5.13 Å². The van der Waals surface area contributed by atoms with Crippen molar-refractivity contribution in [2.45, 2.75) is 12.5 Å². The lowest BCUT2D eigenvalue weighted by Crippen LogP contribution is -2.44. The number of thioether (sulfide) groups is 1. The highest BCUT2D eigenvalue weighted by atomic mass is 32.2. The molecule has 0 radical (unpaired) electrons. The molecule has 2 amide bonds. The molecule has 0 aliphatic carbocycles. The van der Waals surface area contributed by atoms with Gasteiger partial charge in [-0.25, -0.2) is 4.98 Å². The Kier molecular flexibility index (Phi) is 7.03. The monoisotopic (exact) mass is 417 g/mol. The number of carbonyl (C=O) groups excluding carboxylic acids is 2. The van der Waals surface area contributed by atoms with Gasteiger partial charge in [-0.3, -0.25) is 9.59 Å². The number of hydrogen-bond donors (Lipinski definition) is 2. The molecule has 3 aromatic rings. The number of anilines is 1. The summed E-state index contributed by atoms with van der Waals surface area (Å²) in [6, 6.07) is 12.8. The van der Waals surface area contributed by atoms with Gasteiger partial charge in [0, 0.05) is 10.9 Å². The Morgan fingerprint density at radius 2 is 1.96 bits per heavy atom. The van der Waals surface area contributed by atoms with Gasteiger partial charge in [0.2, 0.25) is 5.91 Å². The summed E-state index contributed by atoms with van der Waals surface area (Å²) in [6.45, 7) is 0. The molecule has 1 atom stereocenters. The standard InChI is InChI=1S/C19H19N3O2S3/c1-25-11-9-14(20-18(24)16-8-5-10-26-16)17(23)22-19-21-15(12-27-19)13-6-3-2-4-7-13/h2-8,10,12,14H,9,11H2,1H3,(H,20,24)(H,21,22,23)/t14-/m0/s1. The molecule has 1 aromatic carbocycles. The van der Waals surface area contributed by atoms with Crippen LogP contribution < -0.4 is 10.6 Å². The molecule has 2 heterocycles. The normalized spacial score (nSPS) is 11.7. The van der Waals surface area contributed by atoms with Gasteiger partial charge < -0.3 is 10.6 Å². The highest BCUT2D eigenvalue weighted by Gasteiger charge is 2.22. The third-order valence-electron chi connectivity index (χ3n) is 3.78. The van der Waals surface area contributed by atoms with E-state index in [1.165, 1.54) is 22.7 Å². The predicted octanol–water partition coefficient (Wildman–Crippen LogP) is 4.36. The van der Waals surface area contributed by atoms with Crippen molar-refractivity contribution < 1.29 is 9.59 Å². The van der Waals surface area contributed by atoms with E-state index in [2.05, 4.69) is 15.6 Å². The first-order valence-corrected chi connectivity index (χ1v) is 11.5. The molecule has 2 N–H and O–H groups in total. The number of carbonyl (C=O) groups is 2. The molecule has 0 bridgehead atoms. The van der Waals surface area contributed by atoms with E-state index in [1.54, 1.807) is 17.8 Å². The van der Waals surface area contributed by atoms with Crippen molar-refractivity contribution in [2.75, 3.05) is 17.3 Å². The summed E-state index contributed by atoms with van der Waals surface area (Å²) < 4.78 is 0. The van der Waals surface area contributed by atoms with Crippen LogP contribution >= 0.6 is 34.4 Å². The molecule has 0 spiro atoms. The first-order chi connectivity index (χ1) is 13.2. The van der Waals surface area contributed by atoms with Crippen LogP contribution in [0, 0.1) is 0 Å². The maximum absolute atomic E-state index is 12.7. The molecule has 2 aromatic heterocycles. The number of aromatic nitrogens is 1. The molecule has 0 unspecified atom stereocenters. The number of amides is 2. The number of thiophene rings is 1. The van der Waals surface area contributed by atoms with Crippen molar-refractivity contribution in [2.24, 2.45) is 0 Å². The van der Waals surface area contributed by atoms with Gasteiger partial charge >= 0.3 is 0 Å². The molecule has 8 heteroatoms. The van der Waals surface area contributed by atoms with Crippen LogP contribution in [-0.4, -0.2) is 34.8 Å². The lowest BCUT2D eigenvalue weighted by atomic mass is 10.2. The number of nitrogens with one attached hydrogen (secondary N) is 2. The van der Waals surface area contributed by atoms with Crippen LogP contribution in [0.2, 0.25) is 0 Å². The molecule has 0 fully saturated rings. The van der Waals surface area contributed by atoms with Crippen LogP contribution in [0.15, 0.2) is 53.2 Å². The Hall–Kier alpha value is -2.16. The molecule has 0 aliphatic rings.